The van der Waals surface area contributed by atoms with Crippen LogP contribution in [0.3, 0.4) is 0 Å². The van der Waals surface area contributed by atoms with E-state index in [0.29, 0.717) is 10.1 Å². The molecule has 0 bridgehead atoms. The molecule has 30 heavy (non-hydrogen) atoms. The van der Waals surface area contributed by atoms with Crippen LogP contribution < -0.4 is 5.32 Å². The minimum absolute atomic E-state index is 0.137. The predicted molar refractivity (Wildman–Crippen MR) is 124 cm³/mol. The van der Waals surface area contributed by atoms with E-state index in [9.17, 15) is 4.79 Å². The molecule has 0 atom stereocenters. The molecular weight excluding hydrogens is 390 g/mol. The zero-order valence-corrected chi connectivity index (χ0v) is 16.8. The van der Waals surface area contributed by atoms with Crippen molar-refractivity contribution in [3.63, 3.8) is 0 Å². The van der Waals surface area contributed by atoms with Gasteiger partial charge in [-0.2, -0.15) is 0 Å². The van der Waals surface area contributed by atoms with E-state index in [4.69, 9.17) is 4.99 Å². The summed E-state index contributed by atoms with van der Waals surface area (Å²) in [4.78, 5) is 22.2. The largest absolute Gasteiger partial charge is 0.300 e. The zero-order chi connectivity index (χ0) is 20.3. The highest BCUT2D eigenvalue weighted by Gasteiger charge is 2.24. The van der Waals surface area contributed by atoms with Gasteiger partial charge in [-0.25, -0.2) is 4.99 Å². The first-order valence-electron chi connectivity index (χ1n) is 9.55. The van der Waals surface area contributed by atoms with Crippen molar-refractivity contribution in [2.24, 2.45) is 4.99 Å². The maximum absolute atomic E-state index is 12.5. The van der Waals surface area contributed by atoms with Crippen LogP contribution in [0, 0.1) is 0 Å². The third kappa shape index (κ3) is 3.75. The van der Waals surface area contributed by atoms with Gasteiger partial charge in [-0.1, -0.05) is 60.7 Å². The molecule has 4 nitrogen and oxygen atoms in total. The molecule has 1 amide bonds. The lowest BCUT2D eigenvalue weighted by molar-refractivity contribution is -0.115. The van der Waals surface area contributed by atoms with E-state index < -0.39 is 0 Å². The summed E-state index contributed by atoms with van der Waals surface area (Å²) >= 11 is 1.35. The summed E-state index contributed by atoms with van der Waals surface area (Å²) in [6.07, 6.45) is 3.66. The Balaban J connectivity index is 1.45. The number of rotatable bonds is 3. The van der Waals surface area contributed by atoms with Crippen molar-refractivity contribution < 1.29 is 4.79 Å². The normalized spacial score (nSPS) is 16.3. The van der Waals surface area contributed by atoms with Gasteiger partial charge in [0.15, 0.2) is 5.17 Å². The summed E-state index contributed by atoms with van der Waals surface area (Å²) < 4.78 is 0. The summed E-state index contributed by atoms with van der Waals surface area (Å²) in [5, 5.41) is 4.51. The van der Waals surface area contributed by atoms with Crippen molar-refractivity contribution in [2.45, 2.75) is 0 Å². The Hall–Kier alpha value is -3.70. The Kier molecular flexibility index (Phi) is 4.87. The van der Waals surface area contributed by atoms with Gasteiger partial charge in [0.05, 0.1) is 16.1 Å². The maximum Gasteiger partial charge on any atom is 0.264 e. The quantitative estimate of drug-likeness (QED) is 0.437. The summed E-state index contributed by atoms with van der Waals surface area (Å²) in [6.45, 7) is 0. The SMILES string of the molecule is O=C1NC(=Nc2ccccc2-c2ccccc2)SC1=Cc1ccc2ncccc2c1. The van der Waals surface area contributed by atoms with Gasteiger partial charge in [0, 0.05) is 17.1 Å². The van der Waals surface area contributed by atoms with Gasteiger partial charge < -0.3 is 5.32 Å². The molecule has 0 radical (unpaired) electrons. The van der Waals surface area contributed by atoms with Crippen LogP contribution in [0.1, 0.15) is 5.56 Å². The van der Waals surface area contributed by atoms with Crippen molar-refractivity contribution in [3.05, 3.63) is 102 Å². The molecule has 0 saturated carbocycles. The summed E-state index contributed by atoms with van der Waals surface area (Å²) in [7, 11) is 0. The lowest BCUT2D eigenvalue weighted by Gasteiger charge is -2.06. The van der Waals surface area contributed by atoms with Gasteiger partial charge in [0.1, 0.15) is 0 Å². The number of amides is 1. The number of nitrogens with one attached hydrogen (secondary N) is 1. The number of hydrogen-bond donors (Lipinski definition) is 1. The molecule has 5 rings (SSSR count). The van der Waals surface area contributed by atoms with E-state index >= 15 is 0 Å². The summed E-state index contributed by atoms with van der Waals surface area (Å²) in [5.74, 6) is -0.137. The van der Waals surface area contributed by atoms with Crippen molar-refractivity contribution >= 4 is 45.5 Å². The van der Waals surface area contributed by atoms with Crippen molar-refractivity contribution in [1.82, 2.24) is 10.3 Å². The smallest absolute Gasteiger partial charge is 0.264 e. The summed E-state index contributed by atoms with van der Waals surface area (Å²) in [6, 6.07) is 27.9. The number of benzene rings is 3. The fraction of sp³-hybridized carbons (Fsp3) is 0. The number of amidine groups is 1. The number of nitrogens with zero attached hydrogens (tertiary/aromatic N) is 2. The van der Waals surface area contributed by atoms with Crippen LogP contribution in [0.5, 0.6) is 0 Å². The Labute approximate surface area is 178 Å². The monoisotopic (exact) mass is 407 g/mol. The number of aromatic nitrogens is 1. The molecule has 4 aromatic rings. The first kappa shape index (κ1) is 18.3. The number of thioether (sulfide) groups is 1. The predicted octanol–water partition coefficient (Wildman–Crippen LogP) is 5.79. The fourth-order valence-corrected chi connectivity index (χ4v) is 4.19. The molecule has 0 spiro atoms. The van der Waals surface area contributed by atoms with Crippen LogP contribution in [0.15, 0.2) is 101 Å². The van der Waals surface area contributed by atoms with E-state index in [1.54, 1.807) is 6.20 Å². The number of fused-ring (bicyclic) bond motifs is 1. The third-order valence-corrected chi connectivity index (χ3v) is 5.70. The van der Waals surface area contributed by atoms with Gasteiger partial charge in [-0.3, -0.25) is 9.78 Å². The number of carbonyl (C=O) groups is 1. The highest BCUT2D eigenvalue weighted by atomic mass is 32.2. The lowest BCUT2D eigenvalue weighted by atomic mass is 10.0. The number of carbonyl (C=O) groups excluding carboxylic acids is 1. The van der Waals surface area contributed by atoms with Gasteiger partial charge in [0.25, 0.3) is 5.91 Å². The molecule has 1 aliphatic rings. The first-order chi connectivity index (χ1) is 14.8. The Morgan fingerprint density at radius 1 is 0.900 bits per heavy atom. The molecule has 3 aromatic carbocycles. The minimum atomic E-state index is -0.137. The topological polar surface area (TPSA) is 54.4 Å². The average molecular weight is 407 g/mol. The number of pyridine rings is 1. The second kappa shape index (κ2) is 7.97. The molecule has 0 unspecified atom stereocenters. The number of aliphatic imine (C=N–C) groups is 1. The Morgan fingerprint density at radius 2 is 1.73 bits per heavy atom. The lowest BCUT2D eigenvalue weighted by Crippen LogP contribution is -2.19. The highest BCUT2D eigenvalue weighted by molar-refractivity contribution is 8.18. The fourth-order valence-electron chi connectivity index (χ4n) is 3.36. The van der Waals surface area contributed by atoms with Crippen LogP contribution in [-0.2, 0) is 4.79 Å². The van der Waals surface area contributed by atoms with E-state index in [2.05, 4.69) is 22.4 Å². The van der Waals surface area contributed by atoms with Crippen LogP contribution >= 0.6 is 11.8 Å². The second-order valence-electron chi connectivity index (χ2n) is 6.82. The molecule has 1 aliphatic heterocycles. The molecule has 1 N–H and O–H groups in total. The minimum Gasteiger partial charge on any atom is -0.300 e. The first-order valence-corrected chi connectivity index (χ1v) is 10.4. The molecule has 0 aliphatic carbocycles. The highest BCUT2D eigenvalue weighted by Crippen LogP contribution is 2.33. The van der Waals surface area contributed by atoms with E-state index in [-0.39, 0.29) is 5.91 Å². The molecule has 1 fully saturated rings. The van der Waals surface area contributed by atoms with Crippen molar-refractivity contribution in [3.8, 4) is 11.1 Å². The Morgan fingerprint density at radius 3 is 2.63 bits per heavy atom. The van der Waals surface area contributed by atoms with Gasteiger partial charge in [0.2, 0.25) is 0 Å². The van der Waals surface area contributed by atoms with E-state index in [1.165, 1.54) is 11.8 Å². The van der Waals surface area contributed by atoms with E-state index in [1.807, 2.05) is 78.9 Å². The zero-order valence-electron chi connectivity index (χ0n) is 15.9. The molecule has 5 heteroatoms. The second-order valence-corrected chi connectivity index (χ2v) is 7.85. The van der Waals surface area contributed by atoms with Crippen LogP contribution in [-0.4, -0.2) is 16.1 Å². The van der Waals surface area contributed by atoms with Crippen molar-refractivity contribution in [1.29, 1.82) is 0 Å². The van der Waals surface area contributed by atoms with Crippen LogP contribution in [0.25, 0.3) is 28.1 Å². The Bertz CT molecular complexity index is 1310. The molecular formula is C25H17N3OS. The molecule has 1 aromatic heterocycles. The molecule has 1 saturated heterocycles. The standard InChI is InChI=1S/C25H17N3OS/c29-24-23(16-17-12-13-21-19(15-17)9-6-14-26-21)30-25(28-24)27-22-11-5-4-10-20(22)18-7-2-1-3-8-18/h1-16H,(H,27,28,29). The van der Waals surface area contributed by atoms with Crippen LogP contribution in [0.4, 0.5) is 5.69 Å². The van der Waals surface area contributed by atoms with Crippen LogP contribution in [0.2, 0.25) is 0 Å². The average Bonchev–Trinajstić information content (AvgIpc) is 3.13. The number of hydrogen-bond acceptors (Lipinski definition) is 4. The maximum atomic E-state index is 12.5. The molecule has 144 valence electrons. The molecule has 2 heterocycles. The van der Waals surface area contributed by atoms with Crippen molar-refractivity contribution in [2.75, 3.05) is 0 Å². The number of para-hydroxylation sites is 1. The summed E-state index contributed by atoms with van der Waals surface area (Å²) in [5.41, 5.74) is 4.83. The van der Waals surface area contributed by atoms with Gasteiger partial charge >= 0.3 is 0 Å². The van der Waals surface area contributed by atoms with Gasteiger partial charge in [-0.05, 0) is 53.2 Å². The van der Waals surface area contributed by atoms with Gasteiger partial charge in [-0.15, -0.1) is 0 Å². The van der Waals surface area contributed by atoms with E-state index in [0.717, 1.165) is 33.3 Å². The third-order valence-electron chi connectivity index (χ3n) is 4.79.